The van der Waals surface area contributed by atoms with Crippen molar-refractivity contribution in [2.75, 3.05) is 5.32 Å². The number of aromatic nitrogens is 4. The van der Waals surface area contributed by atoms with Gasteiger partial charge in [0, 0.05) is 25.4 Å². The second-order valence-electron chi connectivity index (χ2n) is 2.76. The van der Waals surface area contributed by atoms with Crippen LogP contribution in [0.1, 0.15) is 0 Å². The molecule has 2 aromatic rings. The van der Waals surface area contributed by atoms with Gasteiger partial charge in [0.15, 0.2) is 0 Å². The van der Waals surface area contributed by atoms with E-state index in [1.165, 1.54) is 16.8 Å². The van der Waals surface area contributed by atoms with Crippen molar-refractivity contribution < 1.29 is 0 Å². The molecule has 0 saturated carbocycles. The summed E-state index contributed by atoms with van der Waals surface area (Å²) in [6.45, 7) is 0. The minimum atomic E-state index is -0.109. The topological polar surface area (TPSA) is 75.6 Å². The predicted molar refractivity (Wildman–Crippen MR) is 51.3 cm³/mol. The first kappa shape index (κ1) is 8.49. The van der Waals surface area contributed by atoms with Gasteiger partial charge < -0.3 is 5.32 Å². The average Bonchev–Trinajstić information content (AvgIpc) is 2.66. The van der Waals surface area contributed by atoms with Gasteiger partial charge >= 0.3 is 0 Å². The fourth-order valence-electron chi connectivity index (χ4n) is 1.04. The first-order valence-corrected chi connectivity index (χ1v) is 4.06. The molecule has 6 heteroatoms. The highest BCUT2D eigenvalue weighted by Crippen LogP contribution is 2.06. The van der Waals surface area contributed by atoms with Crippen LogP contribution >= 0.6 is 0 Å². The highest BCUT2D eigenvalue weighted by molar-refractivity contribution is 5.46. The lowest BCUT2D eigenvalue weighted by Gasteiger charge is -2.06. The Morgan fingerprint density at radius 3 is 3.00 bits per heavy atom. The molecule has 0 aliphatic rings. The number of aromatic amines is 1. The Balaban J connectivity index is 2.34. The van der Waals surface area contributed by atoms with Crippen LogP contribution < -0.4 is 10.9 Å². The molecule has 2 N–H and O–H groups in total. The maximum absolute atomic E-state index is 11.2. The van der Waals surface area contributed by atoms with Crippen LogP contribution in [0, 0.1) is 0 Å². The normalized spacial score (nSPS) is 10.1. The number of hydrogen-bond acceptors (Lipinski definition) is 4. The van der Waals surface area contributed by atoms with Crippen molar-refractivity contribution in [3.8, 4) is 0 Å². The van der Waals surface area contributed by atoms with Crippen LogP contribution in [-0.4, -0.2) is 19.7 Å². The molecule has 2 aromatic heterocycles. The Hall–Kier alpha value is -2.11. The van der Waals surface area contributed by atoms with Gasteiger partial charge in [-0.05, 0) is 0 Å². The minimum Gasteiger partial charge on any atom is -0.311 e. The molecule has 0 spiro atoms. The summed E-state index contributed by atoms with van der Waals surface area (Å²) in [5.41, 5.74) is -0.109. The van der Waals surface area contributed by atoms with Crippen molar-refractivity contribution in [1.82, 2.24) is 19.7 Å². The molecule has 0 unspecified atom stereocenters. The molecule has 6 nitrogen and oxygen atoms in total. The largest absolute Gasteiger partial charge is 0.311 e. The molecule has 0 aromatic carbocycles. The Labute approximate surface area is 79.6 Å². The number of anilines is 2. The lowest BCUT2D eigenvalue weighted by molar-refractivity contribution is 0.836. The summed E-state index contributed by atoms with van der Waals surface area (Å²) in [6.07, 6.45) is 3.07. The van der Waals surface area contributed by atoms with Gasteiger partial charge in [0.2, 0.25) is 5.95 Å². The number of rotatable bonds is 2. The first-order chi connectivity index (χ1) is 6.77. The van der Waals surface area contributed by atoms with E-state index in [2.05, 4.69) is 20.5 Å². The van der Waals surface area contributed by atoms with Crippen molar-refractivity contribution in [1.29, 1.82) is 0 Å². The van der Waals surface area contributed by atoms with Crippen molar-refractivity contribution >= 4 is 11.8 Å². The van der Waals surface area contributed by atoms with Crippen molar-refractivity contribution in [3.05, 3.63) is 34.9 Å². The third-order valence-corrected chi connectivity index (χ3v) is 1.81. The molecule has 0 fully saturated rings. The highest BCUT2D eigenvalue weighted by Gasteiger charge is 2.00. The second kappa shape index (κ2) is 3.33. The van der Waals surface area contributed by atoms with E-state index in [0.29, 0.717) is 11.8 Å². The summed E-state index contributed by atoms with van der Waals surface area (Å²) >= 11 is 0. The van der Waals surface area contributed by atoms with Crippen LogP contribution in [-0.2, 0) is 7.05 Å². The van der Waals surface area contributed by atoms with Crippen LogP contribution in [0.15, 0.2) is 29.3 Å². The van der Waals surface area contributed by atoms with Gasteiger partial charge in [-0.3, -0.25) is 14.5 Å². The molecule has 0 saturated heterocycles. The second-order valence-corrected chi connectivity index (χ2v) is 2.76. The molecule has 0 atom stereocenters. The third-order valence-electron chi connectivity index (χ3n) is 1.81. The molecule has 0 aliphatic carbocycles. The SMILES string of the molecule is Cn1c(Nc2ccn[nH]2)nccc1=O. The summed E-state index contributed by atoms with van der Waals surface area (Å²) in [5, 5.41) is 9.41. The van der Waals surface area contributed by atoms with Crippen LogP contribution in [0.3, 0.4) is 0 Å². The number of H-pyrrole nitrogens is 1. The fourth-order valence-corrected chi connectivity index (χ4v) is 1.04. The van der Waals surface area contributed by atoms with E-state index < -0.39 is 0 Å². The summed E-state index contributed by atoms with van der Waals surface area (Å²) in [7, 11) is 1.65. The zero-order valence-corrected chi connectivity index (χ0v) is 7.56. The van der Waals surface area contributed by atoms with Crippen LogP contribution in [0.4, 0.5) is 11.8 Å². The van der Waals surface area contributed by atoms with Gasteiger partial charge in [0.25, 0.3) is 5.56 Å². The van der Waals surface area contributed by atoms with Crippen molar-refractivity contribution in [2.24, 2.45) is 7.05 Å². The monoisotopic (exact) mass is 191 g/mol. The summed E-state index contributed by atoms with van der Waals surface area (Å²) < 4.78 is 1.42. The van der Waals surface area contributed by atoms with E-state index in [1.54, 1.807) is 19.3 Å². The van der Waals surface area contributed by atoms with Crippen LogP contribution in [0.2, 0.25) is 0 Å². The fraction of sp³-hybridized carbons (Fsp3) is 0.125. The van der Waals surface area contributed by atoms with Crippen molar-refractivity contribution in [2.45, 2.75) is 0 Å². The quantitative estimate of drug-likeness (QED) is 0.713. The van der Waals surface area contributed by atoms with E-state index in [9.17, 15) is 4.79 Å². The Bertz CT molecular complexity index is 473. The molecular weight excluding hydrogens is 182 g/mol. The average molecular weight is 191 g/mol. The maximum Gasteiger partial charge on any atom is 0.254 e. The molecular formula is C8H9N5O. The lowest BCUT2D eigenvalue weighted by Crippen LogP contribution is -2.19. The molecule has 14 heavy (non-hydrogen) atoms. The van der Waals surface area contributed by atoms with E-state index in [0.717, 1.165) is 0 Å². The van der Waals surface area contributed by atoms with E-state index >= 15 is 0 Å². The summed E-state index contributed by atoms with van der Waals surface area (Å²) in [6, 6.07) is 3.15. The van der Waals surface area contributed by atoms with Gasteiger partial charge in [0.05, 0.1) is 6.20 Å². The number of hydrogen-bond donors (Lipinski definition) is 2. The smallest absolute Gasteiger partial charge is 0.254 e. The molecule has 2 rings (SSSR count). The molecule has 0 aliphatic heterocycles. The first-order valence-electron chi connectivity index (χ1n) is 4.06. The Kier molecular flexibility index (Phi) is 2.02. The Morgan fingerprint density at radius 2 is 2.29 bits per heavy atom. The summed E-state index contributed by atoms with van der Waals surface area (Å²) in [5.74, 6) is 1.17. The van der Waals surface area contributed by atoms with Gasteiger partial charge in [-0.2, -0.15) is 5.10 Å². The van der Waals surface area contributed by atoms with E-state index in [-0.39, 0.29) is 5.56 Å². The lowest BCUT2D eigenvalue weighted by atomic mass is 10.6. The van der Waals surface area contributed by atoms with Gasteiger partial charge in [-0.15, -0.1) is 0 Å². The van der Waals surface area contributed by atoms with Crippen molar-refractivity contribution in [3.63, 3.8) is 0 Å². The molecule has 2 heterocycles. The number of nitrogens with one attached hydrogen (secondary N) is 2. The predicted octanol–water partition coefficient (Wildman–Crippen LogP) is 0.247. The summed E-state index contributed by atoms with van der Waals surface area (Å²) in [4.78, 5) is 15.2. The number of nitrogens with zero attached hydrogens (tertiary/aromatic N) is 3. The highest BCUT2D eigenvalue weighted by atomic mass is 16.1. The standard InChI is InChI=1S/C8H9N5O/c1-13-7(14)3-4-9-8(13)11-6-2-5-10-12-6/h2-5H,1H3,(H2,9,10,11,12). The zero-order chi connectivity index (χ0) is 9.97. The third kappa shape index (κ3) is 1.49. The van der Waals surface area contributed by atoms with Gasteiger partial charge in [0.1, 0.15) is 5.82 Å². The van der Waals surface area contributed by atoms with Gasteiger partial charge in [-0.1, -0.05) is 0 Å². The molecule has 0 radical (unpaired) electrons. The van der Waals surface area contributed by atoms with Crippen LogP contribution in [0.25, 0.3) is 0 Å². The Morgan fingerprint density at radius 1 is 1.43 bits per heavy atom. The zero-order valence-electron chi connectivity index (χ0n) is 7.56. The van der Waals surface area contributed by atoms with Crippen LogP contribution in [0.5, 0.6) is 0 Å². The molecule has 0 bridgehead atoms. The van der Waals surface area contributed by atoms with Gasteiger partial charge in [-0.25, -0.2) is 4.98 Å². The minimum absolute atomic E-state index is 0.109. The molecule has 72 valence electrons. The van der Waals surface area contributed by atoms with E-state index in [1.807, 2.05) is 0 Å². The molecule has 0 amide bonds. The maximum atomic E-state index is 11.2. The van der Waals surface area contributed by atoms with E-state index in [4.69, 9.17) is 0 Å².